The minimum absolute atomic E-state index is 0.124. The largest absolute Gasteiger partial charge is 0.497 e. The zero-order chi connectivity index (χ0) is 19.7. The summed E-state index contributed by atoms with van der Waals surface area (Å²) < 4.78 is 15.3. The highest BCUT2D eigenvalue weighted by Crippen LogP contribution is 2.25. The molecule has 3 amide bonds. The van der Waals surface area contributed by atoms with Gasteiger partial charge in [0.05, 0.1) is 14.2 Å². The van der Waals surface area contributed by atoms with E-state index in [0.717, 1.165) is 6.08 Å². The zero-order valence-electron chi connectivity index (χ0n) is 15.5. The van der Waals surface area contributed by atoms with Crippen LogP contribution in [-0.2, 0) is 14.3 Å². The van der Waals surface area contributed by atoms with Crippen LogP contribution in [0.25, 0.3) is 6.08 Å². The van der Waals surface area contributed by atoms with E-state index in [1.54, 1.807) is 32.0 Å². The van der Waals surface area contributed by atoms with Gasteiger partial charge in [-0.25, -0.2) is 9.59 Å². The normalized spacial score (nSPS) is 11.8. The second kappa shape index (κ2) is 10.1. The van der Waals surface area contributed by atoms with Crippen LogP contribution in [0.4, 0.5) is 4.79 Å². The number of methoxy groups -OCH3 is 2. The van der Waals surface area contributed by atoms with E-state index in [0.29, 0.717) is 17.1 Å². The number of ether oxygens (including phenoxy) is 3. The highest BCUT2D eigenvalue weighted by atomic mass is 16.5. The van der Waals surface area contributed by atoms with Crippen molar-refractivity contribution in [2.75, 3.05) is 14.2 Å². The highest BCUT2D eigenvalue weighted by Gasteiger charge is 2.19. The molecule has 8 nitrogen and oxygen atoms in total. The summed E-state index contributed by atoms with van der Waals surface area (Å²) in [6.07, 6.45) is 1.52. The maximum absolute atomic E-state index is 11.9. The van der Waals surface area contributed by atoms with E-state index in [2.05, 4.69) is 10.6 Å². The number of rotatable bonds is 7. The number of esters is 1. The second-order valence-corrected chi connectivity index (χ2v) is 5.64. The molecule has 1 rings (SSSR count). The predicted molar refractivity (Wildman–Crippen MR) is 95.9 cm³/mol. The van der Waals surface area contributed by atoms with Gasteiger partial charge in [-0.1, -0.05) is 0 Å². The molecule has 1 unspecified atom stereocenters. The van der Waals surface area contributed by atoms with Crippen molar-refractivity contribution in [3.05, 3.63) is 29.8 Å². The molecule has 8 heteroatoms. The molecule has 0 aliphatic carbocycles. The first-order valence-corrected chi connectivity index (χ1v) is 7.99. The first-order chi connectivity index (χ1) is 12.3. The Morgan fingerprint density at radius 2 is 1.77 bits per heavy atom. The lowest BCUT2D eigenvalue weighted by molar-refractivity contribution is -0.149. The minimum Gasteiger partial charge on any atom is -0.497 e. The Kier molecular flexibility index (Phi) is 8.14. The molecule has 26 heavy (non-hydrogen) atoms. The molecular weight excluding hydrogens is 340 g/mol. The first-order valence-electron chi connectivity index (χ1n) is 7.99. The van der Waals surface area contributed by atoms with Crippen molar-refractivity contribution in [3.63, 3.8) is 0 Å². The van der Waals surface area contributed by atoms with E-state index < -0.39 is 24.0 Å². The molecule has 1 atom stereocenters. The Morgan fingerprint density at radius 3 is 2.35 bits per heavy atom. The molecule has 0 aliphatic rings. The smallest absolute Gasteiger partial charge is 0.331 e. The van der Waals surface area contributed by atoms with E-state index in [1.807, 2.05) is 0 Å². The topological polar surface area (TPSA) is 103 Å². The third-order valence-corrected chi connectivity index (χ3v) is 3.15. The van der Waals surface area contributed by atoms with Gasteiger partial charge in [-0.3, -0.25) is 10.1 Å². The van der Waals surface area contributed by atoms with Crippen LogP contribution < -0.4 is 20.1 Å². The summed E-state index contributed by atoms with van der Waals surface area (Å²) in [7, 11) is 3.03. The third-order valence-electron chi connectivity index (χ3n) is 3.15. The molecule has 0 radical (unpaired) electrons. The molecule has 1 aromatic carbocycles. The number of urea groups is 1. The zero-order valence-corrected chi connectivity index (χ0v) is 15.5. The van der Waals surface area contributed by atoms with Gasteiger partial charge in [-0.2, -0.15) is 0 Å². The highest BCUT2D eigenvalue weighted by molar-refractivity contribution is 5.98. The maximum Gasteiger partial charge on any atom is 0.331 e. The Bertz CT molecular complexity index is 684. The van der Waals surface area contributed by atoms with Crippen molar-refractivity contribution < 1.29 is 28.6 Å². The molecule has 0 spiro atoms. The summed E-state index contributed by atoms with van der Waals surface area (Å²) in [5.74, 6) is -0.306. The average Bonchev–Trinajstić information content (AvgIpc) is 2.58. The molecular formula is C18H24N2O6. The quantitative estimate of drug-likeness (QED) is 0.566. The van der Waals surface area contributed by atoms with E-state index in [9.17, 15) is 14.4 Å². The average molecular weight is 364 g/mol. The molecule has 0 saturated heterocycles. The van der Waals surface area contributed by atoms with Crippen molar-refractivity contribution in [1.29, 1.82) is 0 Å². The monoisotopic (exact) mass is 364 g/mol. The van der Waals surface area contributed by atoms with Gasteiger partial charge in [-0.15, -0.1) is 0 Å². The summed E-state index contributed by atoms with van der Waals surface area (Å²) >= 11 is 0. The molecule has 0 bridgehead atoms. The van der Waals surface area contributed by atoms with Crippen LogP contribution >= 0.6 is 0 Å². The van der Waals surface area contributed by atoms with Crippen molar-refractivity contribution in [2.24, 2.45) is 0 Å². The lowest BCUT2D eigenvalue weighted by Crippen LogP contribution is -2.46. The molecule has 0 aliphatic heterocycles. The van der Waals surface area contributed by atoms with Gasteiger partial charge in [0, 0.05) is 17.7 Å². The molecule has 0 fully saturated rings. The number of hydrogen-bond donors (Lipinski definition) is 2. The minimum atomic E-state index is -1.13. The number of imide groups is 1. The van der Waals surface area contributed by atoms with Gasteiger partial charge in [0.15, 0.2) is 6.10 Å². The Labute approximate surface area is 152 Å². The van der Waals surface area contributed by atoms with Gasteiger partial charge < -0.3 is 19.5 Å². The first kappa shape index (κ1) is 21.0. The van der Waals surface area contributed by atoms with Crippen molar-refractivity contribution >= 4 is 24.0 Å². The van der Waals surface area contributed by atoms with Gasteiger partial charge in [-0.05, 0) is 45.0 Å². The Balaban J connectivity index is 2.66. The van der Waals surface area contributed by atoms with Crippen LogP contribution in [0.3, 0.4) is 0 Å². The van der Waals surface area contributed by atoms with Crippen LogP contribution in [0.1, 0.15) is 26.3 Å². The van der Waals surface area contributed by atoms with Crippen LogP contribution in [0, 0.1) is 0 Å². The van der Waals surface area contributed by atoms with Crippen LogP contribution in [-0.4, -0.2) is 44.3 Å². The van der Waals surface area contributed by atoms with E-state index in [4.69, 9.17) is 14.2 Å². The lowest BCUT2D eigenvalue weighted by atomic mass is 10.1. The number of benzene rings is 1. The second-order valence-electron chi connectivity index (χ2n) is 5.64. The fourth-order valence-corrected chi connectivity index (χ4v) is 1.91. The van der Waals surface area contributed by atoms with Crippen LogP contribution in [0.2, 0.25) is 0 Å². The summed E-state index contributed by atoms with van der Waals surface area (Å²) in [5, 5.41) is 4.60. The fourth-order valence-electron chi connectivity index (χ4n) is 1.91. The number of amides is 3. The number of nitrogens with one attached hydrogen (secondary N) is 2. The van der Waals surface area contributed by atoms with Gasteiger partial charge in [0.2, 0.25) is 0 Å². The molecule has 0 aromatic heterocycles. The lowest BCUT2D eigenvalue weighted by Gasteiger charge is -2.13. The summed E-state index contributed by atoms with van der Waals surface area (Å²) in [4.78, 5) is 35.2. The van der Waals surface area contributed by atoms with Crippen molar-refractivity contribution in [3.8, 4) is 11.5 Å². The molecule has 142 valence electrons. The maximum atomic E-state index is 11.9. The number of carbonyl (C=O) groups is 3. The Hall–Kier alpha value is -3.03. The predicted octanol–water partition coefficient (Wildman–Crippen LogP) is 1.88. The van der Waals surface area contributed by atoms with E-state index in [1.165, 1.54) is 27.2 Å². The van der Waals surface area contributed by atoms with E-state index >= 15 is 0 Å². The fraction of sp³-hybridized carbons (Fsp3) is 0.389. The molecule has 2 N–H and O–H groups in total. The number of carbonyl (C=O) groups excluding carboxylic acids is 3. The van der Waals surface area contributed by atoms with Gasteiger partial charge in [0.1, 0.15) is 11.5 Å². The standard InChI is InChI=1S/C18H24N2O6/c1-11(2)19-18(23)20-17(22)12(3)26-16(21)9-6-13-10-14(24-4)7-8-15(13)25-5/h6-12H,1-5H3,(H2,19,20,22,23)/b9-6+. The summed E-state index contributed by atoms with van der Waals surface area (Å²) in [5.41, 5.74) is 0.609. The number of hydrogen-bond acceptors (Lipinski definition) is 6. The Morgan fingerprint density at radius 1 is 1.08 bits per heavy atom. The van der Waals surface area contributed by atoms with Crippen molar-refractivity contribution in [1.82, 2.24) is 10.6 Å². The SMILES string of the molecule is COc1ccc(OC)c(/C=C/C(=O)OC(C)C(=O)NC(=O)NC(C)C)c1. The van der Waals surface area contributed by atoms with Crippen molar-refractivity contribution in [2.45, 2.75) is 32.9 Å². The third kappa shape index (κ3) is 6.84. The molecule has 0 heterocycles. The summed E-state index contributed by atoms with van der Waals surface area (Å²) in [6, 6.07) is 4.34. The molecule has 1 aromatic rings. The van der Waals surface area contributed by atoms with Gasteiger partial charge >= 0.3 is 12.0 Å². The molecule has 0 saturated carbocycles. The van der Waals surface area contributed by atoms with Crippen LogP contribution in [0.15, 0.2) is 24.3 Å². The summed E-state index contributed by atoms with van der Waals surface area (Å²) in [6.45, 7) is 4.88. The van der Waals surface area contributed by atoms with Crippen LogP contribution in [0.5, 0.6) is 11.5 Å². The van der Waals surface area contributed by atoms with Gasteiger partial charge in [0.25, 0.3) is 5.91 Å². The van der Waals surface area contributed by atoms with E-state index in [-0.39, 0.29) is 6.04 Å².